The fourth-order valence-electron chi connectivity index (χ4n) is 1.53. The Labute approximate surface area is 108 Å². The second-order valence-corrected chi connectivity index (χ2v) is 4.45. The first-order valence-corrected chi connectivity index (χ1v) is 6.04. The van der Waals surface area contributed by atoms with E-state index in [1.54, 1.807) is 12.3 Å². The highest BCUT2D eigenvalue weighted by Gasteiger charge is 2.12. The molecule has 0 aliphatic rings. The number of nitrogens with zero attached hydrogens (tertiary/aromatic N) is 2. The standard InChI is InChI=1S/C12H12BrN3O/c13-11-4-2-1-3-10(11)12(17)16-7-9(5-6-14)15-8-16/h1-4,7-8H,5-6,14H2. The highest BCUT2D eigenvalue weighted by molar-refractivity contribution is 9.10. The van der Waals surface area contributed by atoms with Crippen LogP contribution in [0.25, 0.3) is 0 Å². The van der Waals surface area contributed by atoms with Gasteiger partial charge in [0.2, 0.25) is 0 Å². The molecule has 0 atom stereocenters. The van der Waals surface area contributed by atoms with Crippen LogP contribution < -0.4 is 5.73 Å². The zero-order chi connectivity index (χ0) is 12.3. The van der Waals surface area contributed by atoms with Crippen molar-refractivity contribution in [2.45, 2.75) is 6.42 Å². The van der Waals surface area contributed by atoms with Crippen molar-refractivity contribution in [1.82, 2.24) is 9.55 Å². The molecule has 0 unspecified atom stereocenters. The molecule has 2 rings (SSSR count). The van der Waals surface area contributed by atoms with E-state index in [9.17, 15) is 4.79 Å². The van der Waals surface area contributed by atoms with Crippen molar-refractivity contribution in [3.05, 3.63) is 52.5 Å². The van der Waals surface area contributed by atoms with Crippen molar-refractivity contribution >= 4 is 21.8 Å². The van der Waals surface area contributed by atoms with Gasteiger partial charge in [-0.15, -0.1) is 0 Å². The van der Waals surface area contributed by atoms with Crippen LogP contribution in [-0.2, 0) is 6.42 Å². The van der Waals surface area contributed by atoms with Crippen LogP contribution in [0.15, 0.2) is 41.3 Å². The molecular formula is C12H12BrN3O. The summed E-state index contributed by atoms with van der Waals surface area (Å²) in [4.78, 5) is 16.3. The minimum absolute atomic E-state index is 0.103. The minimum atomic E-state index is -0.103. The molecule has 1 aromatic heterocycles. The Morgan fingerprint density at radius 2 is 2.18 bits per heavy atom. The van der Waals surface area contributed by atoms with Gasteiger partial charge in [-0.25, -0.2) is 4.98 Å². The molecule has 5 heteroatoms. The van der Waals surface area contributed by atoms with Crippen LogP contribution in [0.1, 0.15) is 16.1 Å². The molecule has 2 N–H and O–H groups in total. The Kier molecular flexibility index (Phi) is 3.71. The van der Waals surface area contributed by atoms with E-state index in [2.05, 4.69) is 20.9 Å². The molecule has 0 radical (unpaired) electrons. The van der Waals surface area contributed by atoms with E-state index in [1.165, 1.54) is 10.9 Å². The predicted octanol–water partition coefficient (Wildman–Crippen LogP) is 1.84. The molecule has 0 aliphatic carbocycles. The minimum Gasteiger partial charge on any atom is -0.330 e. The second kappa shape index (κ2) is 5.25. The van der Waals surface area contributed by atoms with Gasteiger partial charge in [0.05, 0.1) is 11.3 Å². The van der Waals surface area contributed by atoms with Gasteiger partial charge in [0.1, 0.15) is 6.33 Å². The summed E-state index contributed by atoms with van der Waals surface area (Å²) >= 11 is 3.36. The maximum atomic E-state index is 12.1. The fraction of sp³-hybridized carbons (Fsp3) is 0.167. The van der Waals surface area contributed by atoms with Crippen LogP contribution in [0.3, 0.4) is 0 Å². The Morgan fingerprint density at radius 1 is 1.41 bits per heavy atom. The van der Waals surface area contributed by atoms with Gasteiger partial charge in [0.15, 0.2) is 0 Å². The van der Waals surface area contributed by atoms with Crippen molar-refractivity contribution in [2.75, 3.05) is 6.54 Å². The molecule has 0 saturated heterocycles. The van der Waals surface area contributed by atoms with Gasteiger partial charge < -0.3 is 5.73 Å². The summed E-state index contributed by atoms with van der Waals surface area (Å²) in [5, 5.41) is 0. The molecular weight excluding hydrogens is 282 g/mol. The first-order valence-electron chi connectivity index (χ1n) is 5.24. The number of imidazole rings is 1. The fourth-order valence-corrected chi connectivity index (χ4v) is 1.98. The van der Waals surface area contributed by atoms with E-state index in [0.717, 1.165) is 10.2 Å². The summed E-state index contributed by atoms with van der Waals surface area (Å²) in [5.74, 6) is -0.103. The van der Waals surface area contributed by atoms with Gasteiger partial charge >= 0.3 is 0 Å². The number of carbonyl (C=O) groups excluding carboxylic acids is 1. The summed E-state index contributed by atoms with van der Waals surface area (Å²) in [7, 11) is 0. The average molecular weight is 294 g/mol. The molecule has 17 heavy (non-hydrogen) atoms. The highest BCUT2D eigenvalue weighted by Crippen LogP contribution is 2.17. The predicted molar refractivity (Wildman–Crippen MR) is 68.9 cm³/mol. The molecule has 1 heterocycles. The smallest absolute Gasteiger partial charge is 0.264 e. The van der Waals surface area contributed by atoms with Gasteiger partial charge in [-0.1, -0.05) is 12.1 Å². The normalized spacial score (nSPS) is 10.5. The number of benzene rings is 1. The lowest BCUT2D eigenvalue weighted by Gasteiger charge is -2.02. The third-order valence-electron chi connectivity index (χ3n) is 2.38. The maximum absolute atomic E-state index is 12.1. The third kappa shape index (κ3) is 2.62. The summed E-state index contributed by atoms with van der Waals surface area (Å²) < 4.78 is 2.25. The largest absolute Gasteiger partial charge is 0.330 e. The number of hydrogen-bond acceptors (Lipinski definition) is 3. The molecule has 0 amide bonds. The van der Waals surface area contributed by atoms with Crippen LogP contribution in [-0.4, -0.2) is 22.0 Å². The average Bonchev–Trinajstić information content (AvgIpc) is 2.78. The zero-order valence-electron chi connectivity index (χ0n) is 9.14. The molecule has 0 fully saturated rings. The van der Waals surface area contributed by atoms with Gasteiger partial charge in [-0.05, 0) is 34.6 Å². The molecule has 0 saturated carbocycles. The van der Waals surface area contributed by atoms with Gasteiger partial charge in [-0.2, -0.15) is 0 Å². The Balaban J connectivity index is 2.28. The number of aromatic nitrogens is 2. The quantitative estimate of drug-likeness (QED) is 0.939. The number of nitrogens with two attached hydrogens (primary N) is 1. The van der Waals surface area contributed by atoms with Crippen LogP contribution >= 0.6 is 15.9 Å². The first-order chi connectivity index (χ1) is 8.22. The number of halogens is 1. The van der Waals surface area contributed by atoms with Crippen LogP contribution in [0.4, 0.5) is 0 Å². The number of hydrogen-bond donors (Lipinski definition) is 1. The summed E-state index contributed by atoms with van der Waals surface area (Å²) in [6.45, 7) is 0.528. The zero-order valence-corrected chi connectivity index (χ0v) is 10.7. The second-order valence-electron chi connectivity index (χ2n) is 3.60. The topological polar surface area (TPSA) is 60.9 Å². The number of rotatable bonds is 3. The van der Waals surface area contributed by atoms with Crippen molar-refractivity contribution in [3.8, 4) is 0 Å². The lowest BCUT2D eigenvalue weighted by atomic mass is 10.2. The highest BCUT2D eigenvalue weighted by atomic mass is 79.9. The first kappa shape index (κ1) is 12.0. The van der Waals surface area contributed by atoms with Crippen LogP contribution in [0, 0.1) is 0 Å². The monoisotopic (exact) mass is 293 g/mol. The van der Waals surface area contributed by atoms with Crippen molar-refractivity contribution in [3.63, 3.8) is 0 Å². The van der Waals surface area contributed by atoms with Crippen LogP contribution in [0.2, 0.25) is 0 Å². The molecule has 2 aromatic rings. The van der Waals surface area contributed by atoms with E-state index in [4.69, 9.17) is 5.73 Å². The van der Waals surface area contributed by atoms with E-state index in [1.807, 2.05) is 18.2 Å². The summed E-state index contributed by atoms with van der Waals surface area (Å²) in [5.41, 5.74) is 6.88. The SMILES string of the molecule is NCCc1cn(C(=O)c2ccccc2Br)cn1. The molecule has 0 spiro atoms. The van der Waals surface area contributed by atoms with E-state index in [0.29, 0.717) is 18.5 Å². The lowest BCUT2D eigenvalue weighted by molar-refractivity contribution is 0.0959. The van der Waals surface area contributed by atoms with Crippen molar-refractivity contribution in [1.29, 1.82) is 0 Å². The van der Waals surface area contributed by atoms with Gasteiger partial charge in [0, 0.05) is 17.1 Å². The Hall–Kier alpha value is -1.46. The molecule has 0 aliphatic heterocycles. The third-order valence-corrected chi connectivity index (χ3v) is 3.07. The summed E-state index contributed by atoms with van der Waals surface area (Å²) in [6, 6.07) is 7.31. The Bertz CT molecular complexity index is 536. The van der Waals surface area contributed by atoms with E-state index >= 15 is 0 Å². The van der Waals surface area contributed by atoms with E-state index < -0.39 is 0 Å². The maximum Gasteiger partial charge on any atom is 0.264 e. The van der Waals surface area contributed by atoms with Crippen molar-refractivity contribution < 1.29 is 4.79 Å². The van der Waals surface area contributed by atoms with E-state index in [-0.39, 0.29) is 5.91 Å². The van der Waals surface area contributed by atoms with Gasteiger partial charge in [-0.3, -0.25) is 9.36 Å². The molecule has 88 valence electrons. The molecule has 1 aromatic carbocycles. The number of carbonyl (C=O) groups is 1. The van der Waals surface area contributed by atoms with Gasteiger partial charge in [0.25, 0.3) is 5.91 Å². The van der Waals surface area contributed by atoms with Crippen LogP contribution in [0.5, 0.6) is 0 Å². The summed E-state index contributed by atoms with van der Waals surface area (Å²) in [6.07, 6.45) is 3.91. The lowest BCUT2D eigenvalue weighted by Crippen LogP contribution is -2.10. The molecule has 0 bridgehead atoms. The molecule has 4 nitrogen and oxygen atoms in total. The van der Waals surface area contributed by atoms with Crippen molar-refractivity contribution in [2.24, 2.45) is 5.73 Å². The Morgan fingerprint density at radius 3 is 2.88 bits per heavy atom.